The van der Waals surface area contributed by atoms with Gasteiger partial charge in [-0.05, 0) is 31.4 Å². The molecule has 0 bridgehead atoms. The van der Waals surface area contributed by atoms with Crippen molar-refractivity contribution in [3.63, 3.8) is 0 Å². The highest BCUT2D eigenvalue weighted by atomic mass is 16.2. The zero-order valence-corrected chi connectivity index (χ0v) is 10.6. The summed E-state index contributed by atoms with van der Waals surface area (Å²) < 4.78 is 0. The van der Waals surface area contributed by atoms with Crippen LogP contribution in [0.2, 0.25) is 0 Å². The van der Waals surface area contributed by atoms with Gasteiger partial charge in [0.05, 0.1) is 6.07 Å². The number of nitriles is 1. The molecule has 1 fully saturated rings. The van der Waals surface area contributed by atoms with Gasteiger partial charge in [0, 0.05) is 18.4 Å². The average molecular weight is 243 g/mol. The molecule has 1 aromatic heterocycles. The van der Waals surface area contributed by atoms with Gasteiger partial charge in [0.1, 0.15) is 5.41 Å². The van der Waals surface area contributed by atoms with Crippen molar-refractivity contribution in [2.45, 2.75) is 39.2 Å². The number of carbonyl (C=O) groups excluding carboxylic acids is 1. The second-order valence-corrected chi connectivity index (χ2v) is 4.89. The molecular weight excluding hydrogens is 226 g/mol. The Bertz CT molecular complexity index is 467. The summed E-state index contributed by atoms with van der Waals surface area (Å²) in [6.07, 6.45) is 5.05. The molecule has 0 unspecified atom stereocenters. The Balaban J connectivity index is 1.96. The summed E-state index contributed by atoms with van der Waals surface area (Å²) in [4.78, 5) is 16.3. The molecule has 1 N–H and O–H groups in total. The SMILES string of the molecule is Cc1ccc(CNC(=O)C2(C#N)CCCC2)cn1. The van der Waals surface area contributed by atoms with Crippen LogP contribution in [0.15, 0.2) is 18.3 Å². The summed E-state index contributed by atoms with van der Waals surface area (Å²) in [5.74, 6) is -0.136. The predicted molar refractivity (Wildman–Crippen MR) is 67.3 cm³/mol. The molecule has 1 saturated carbocycles. The molecule has 1 amide bonds. The molecule has 4 heteroatoms. The van der Waals surface area contributed by atoms with Crippen molar-refractivity contribution in [2.75, 3.05) is 0 Å². The molecule has 1 aliphatic carbocycles. The second kappa shape index (κ2) is 5.18. The minimum absolute atomic E-state index is 0.136. The molecule has 94 valence electrons. The quantitative estimate of drug-likeness (QED) is 0.884. The molecule has 18 heavy (non-hydrogen) atoms. The summed E-state index contributed by atoms with van der Waals surface area (Å²) in [5, 5.41) is 12.0. The van der Waals surface area contributed by atoms with Gasteiger partial charge in [-0.2, -0.15) is 5.26 Å². The highest BCUT2D eigenvalue weighted by molar-refractivity contribution is 5.85. The Kier molecular flexibility index (Phi) is 3.61. The number of pyridine rings is 1. The van der Waals surface area contributed by atoms with Crippen LogP contribution in [-0.4, -0.2) is 10.9 Å². The maximum atomic E-state index is 12.1. The Labute approximate surface area is 107 Å². The summed E-state index contributed by atoms with van der Waals surface area (Å²) in [6, 6.07) is 6.05. The predicted octanol–water partition coefficient (Wildman–Crippen LogP) is 2.09. The lowest BCUT2D eigenvalue weighted by Gasteiger charge is -2.19. The van der Waals surface area contributed by atoms with Gasteiger partial charge in [0.15, 0.2) is 0 Å². The Morgan fingerprint density at radius 2 is 2.22 bits per heavy atom. The topological polar surface area (TPSA) is 65.8 Å². The average Bonchev–Trinajstić information content (AvgIpc) is 2.88. The Morgan fingerprint density at radius 1 is 1.50 bits per heavy atom. The van der Waals surface area contributed by atoms with Gasteiger partial charge in [-0.15, -0.1) is 0 Å². The first-order valence-electron chi connectivity index (χ1n) is 6.27. The van der Waals surface area contributed by atoms with E-state index in [9.17, 15) is 10.1 Å². The lowest BCUT2D eigenvalue weighted by atomic mass is 9.87. The van der Waals surface area contributed by atoms with E-state index >= 15 is 0 Å². The molecule has 0 spiro atoms. The first-order valence-corrected chi connectivity index (χ1v) is 6.27. The van der Waals surface area contributed by atoms with Crippen LogP contribution in [0, 0.1) is 23.7 Å². The van der Waals surface area contributed by atoms with Crippen LogP contribution >= 0.6 is 0 Å². The molecule has 4 nitrogen and oxygen atoms in total. The third kappa shape index (κ3) is 2.51. The summed E-state index contributed by atoms with van der Waals surface area (Å²) >= 11 is 0. The number of nitrogens with one attached hydrogen (secondary N) is 1. The maximum Gasteiger partial charge on any atom is 0.240 e. The van der Waals surface area contributed by atoms with E-state index in [1.165, 1.54) is 0 Å². The third-order valence-electron chi connectivity index (χ3n) is 3.53. The van der Waals surface area contributed by atoms with Crippen LogP contribution in [0.3, 0.4) is 0 Å². The number of hydrogen-bond donors (Lipinski definition) is 1. The summed E-state index contributed by atoms with van der Waals surface area (Å²) in [6.45, 7) is 2.36. The van der Waals surface area contributed by atoms with Gasteiger partial charge in [0.2, 0.25) is 5.91 Å². The maximum absolute atomic E-state index is 12.1. The van der Waals surface area contributed by atoms with Crippen LogP contribution in [0.1, 0.15) is 36.9 Å². The number of rotatable bonds is 3. The Morgan fingerprint density at radius 3 is 2.78 bits per heavy atom. The van der Waals surface area contributed by atoms with E-state index in [2.05, 4.69) is 16.4 Å². The highest BCUT2D eigenvalue weighted by Crippen LogP contribution is 2.37. The van der Waals surface area contributed by atoms with Crippen LogP contribution in [0.25, 0.3) is 0 Å². The lowest BCUT2D eigenvalue weighted by Crippen LogP contribution is -2.37. The van der Waals surface area contributed by atoms with Gasteiger partial charge < -0.3 is 5.32 Å². The van der Waals surface area contributed by atoms with Crippen molar-refractivity contribution < 1.29 is 4.79 Å². The fourth-order valence-electron chi connectivity index (χ4n) is 2.32. The minimum Gasteiger partial charge on any atom is -0.351 e. The standard InChI is InChI=1S/C14H17N3O/c1-11-4-5-12(8-16-11)9-17-13(18)14(10-15)6-2-3-7-14/h4-5,8H,2-3,6-7,9H2,1H3,(H,17,18). The smallest absolute Gasteiger partial charge is 0.240 e. The molecule has 1 aromatic rings. The van der Waals surface area contributed by atoms with E-state index < -0.39 is 5.41 Å². The van der Waals surface area contributed by atoms with Crippen LogP contribution < -0.4 is 5.32 Å². The van der Waals surface area contributed by atoms with Crippen LogP contribution in [-0.2, 0) is 11.3 Å². The zero-order chi connectivity index (χ0) is 13.0. The first-order chi connectivity index (χ1) is 8.66. The van der Waals surface area contributed by atoms with Crippen molar-refractivity contribution >= 4 is 5.91 Å². The monoisotopic (exact) mass is 243 g/mol. The van der Waals surface area contributed by atoms with E-state index in [4.69, 9.17) is 0 Å². The van der Waals surface area contributed by atoms with Gasteiger partial charge >= 0.3 is 0 Å². The molecular formula is C14H17N3O. The van der Waals surface area contributed by atoms with Crippen molar-refractivity contribution in [3.05, 3.63) is 29.6 Å². The molecule has 0 radical (unpaired) electrons. The van der Waals surface area contributed by atoms with Crippen molar-refractivity contribution in [3.8, 4) is 6.07 Å². The fourth-order valence-corrected chi connectivity index (χ4v) is 2.32. The van der Waals surface area contributed by atoms with Gasteiger partial charge in [0.25, 0.3) is 0 Å². The first kappa shape index (κ1) is 12.6. The fraction of sp³-hybridized carbons (Fsp3) is 0.500. The molecule has 1 aliphatic rings. The molecule has 1 heterocycles. The number of carbonyl (C=O) groups is 1. The normalized spacial score (nSPS) is 17.1. The van der Waals surface area contributed by atoms with E-state index in [1.54, 1.807) is 6.20 Å². The summed E-state index contributed by atoms with van der Waals surface area (Å²) in [7, 11) is 0. The third-order valence-corrected chi connectivity index (χ3v) is 3.53. The van der Waals surface area contributed by atoms with Gasteiger partial charge in [-0.1, -0.05) is 18.9 Å². The lowest BCUT2D eigenvalue weighted by molar-refractivity contribution is -0.128. The highest BCUT2D eigenvalue weighted by Gasteiger charge is 2.41. The second-order valence-electron chi connectivity index (χ2n) is 4.89. The molecule has 0 atom stereocenters. The Hall–Kier alpha value is -1.89. The number of aryl methyl sites for hydroxylation is 1. The number of aromatic nitrogens is 1. The molecule has 2 rings (SSSR count). The van der Waals surface area contributed by atoms with Crippen molar-refractivity contribution in [2.24, 2.45) is 5.41 Å². The number of amides is 1. The van der Waals surface area contributed by atoms with E-state index in [-0.39, 0.29) is 5.91 Å². The van der Waals surface area contributed by atoms with Crippen LogP contribution in [0.5, 0.6) is 0 Å². The number of hydrogen-bond acceptors (Lipinski definition) is 3. The van der Waals surface area contributed by atoms with E-state index in [0.717, 1.165) is 24.1 Å². The largest absolute Gasteiger partial charge is 0.351 e. The van der Waals surface area contributed by atoms with Crippen molar-refractivity contribution in [1.82, 2.24) is 10.3 Å². The minimum atomic E-state index is -0.794. The zero-order valence-electron chi connectivity index (χ0n) is 10.6. The van der Waals surface area contributed by atoms with Gasteiger partial charge in [-0.3, -0.25) is 9.78 Å². The summed E-state index contributed by atoms with van der Waals surface area (Å²) in [5.41, 5.74) is 1.12. The van der Waals surface area contributed by atoms with E-state index in [1.807, 2.05) is 19.1 Å². The van der Waals surface area contributed by atoms with Crippen molar-refractivity contribution in [1.29, 1.82) is 5.26 Å². The molecule has 0 saturated heterocycles. The van der Waals surface area contributed by atoms with E-state index in [0.29, 0.717) is 19.4 Å². The molecule has 0 aliphatic heterocycles. The number of nitrogens with zero attached hydrogens (tertiary/aromatic N) is 2. The molecule has 0 aromatic carbocycles. The van der Waals surface area contributed by atoms with Gasteiger partial charge in [-0.25, -0.2) is 0 Å². The van der Waals surface area contributed by atoms with Crippen LogP contribution in [0.4, 0.5) is 0 Å².